The second-order valence-corrected chi connectivity index (χ2v) is 10.3. The fourth-order valence-corrected chi connectivity index (χ4v) is 5.15. The van der Waals surface area contributed by atoms with Gasteiger partial charge in [-0.15, -0.1) is 0 Å². The molecule has 0 fully saturated rings. The number of halogens is 2. The van der Waals surface area contributed by atoms with Crippen molar-refractivity contribution in [3.63, 3.8) is 0 Å². The number of ether oxygens (including phenoxy) is 1. The van der Waals surface area contributed by atoms with E-state index in [4.69, 9.17) is 9.84 Å². The summed E-state index contributed by atoms with van der Waals surface area (Å²) in [6.07, 6.45) is 9.68. The van der Waals surface area contributed by atoms with Crippen molar-refractivity contribution in [3.8, 4) is 5.75 Å². The number of unbranched alkanes of at least 4 members (excludes halogenated alkanes) is 2. The Kier molecular flexibility index (Phi) is 11.2. The molecule has 11 heteroatoms. The van der Waals surface area contributed by atoms with Gasteiger partial charge in [0.25, 0.3) is 5.91 Å². The molecule has 0 spiro atoms. The van der Waals surface area contributed by atoms with Gasteiger partial charge in [-0.05, 0) is 80.1 Å². The van der Waals surface area contributed by atoms with Gasteiger partial charge in [0.1, 0.15) is 0 Å². The number of methoxy groups -OCH3 is 1. The van der Waals surface area contributed by atoms with Crippen LogP contribution in [0.5, 0.6) is 5.75 Å². The Morgan fingerprint density at radius 1 is 1.07 bits per heavy atom. The molecule has 2 aliphatic heterocycles. The Hall–Kier alpha value is -4.38. The Balaban J connectivity index is 1.41. The smallest absolute Gasteiger partial charge is 0.317 e. The molecule has 1 unspecified atom stereocenters. The van der Waals surface area contributed by atoms with Crippen LogP contribution >= 0.6 is 0 Å². The molecule has 0 aromatic heterocycles. The monoisotopic (exact) mass is 593 g/mol. The summed E-state index contributed by atoms with van der Waals surface area (Å²) in [5, 5.41) is 17.8. The lowest BCUT2D eigenvalue weighted by atomic mass is 9.86. The number of aryl methyl sites for hydroxylation is 1. The topological polar surface area (TPSA) is 124 Å². The first-order valence-corrected chi connectivity index (χ1v) is 14.5. The van der Waals surface area contributed by atoms with Crippen molar-refractivity contribution in [3.05, 3.63) is 77.1 Å². The van der Waals surface area contributed by atoms with Crippen LogP contribution in [0.3, 0.4) is 0 Å². The third-order valence-corrected chi connectivity index (χ3v) is 7.39. The van der Waals surface area contributed by atoms with E-state index in [2.05, 4.69) is 25.9 Å². The maximum atomic E-state index is 15.0. The van der Waals surface area contributed by atoms with Crippen LogP contribution in [0.15, 0.2) is 58.8 Å². The zero-order valence-corrected chi connectivity index (χ0v) is 24.4. The first kappa shape index (κ1) is 31.6. The minimum absolute atomic E-state index is 0.0526. The molecule has 0 aliphatic carbocycles. The summed E-state index contributed by atoms with van der Waals surface area (Å²) in [7, 11) is 1.29. The fraction of sp³-hybridized carbons (Fsp3) is 0.375. The molecule has 0 radical (unpaired) electrons. The molecule has 2 heterocycles. The number of carboxylic acids is 1. The lowest BCUT2D eigenvalue weighted by molar-refractivity contribution is -0.135. The summed E-state index contributed by atoms with van der Waals surface area (Å²) >= 11 is 0. The number of nitrogens with one attached hydrogen (secondary N) is 3. The first-order chi connectivity index (χ1) is 20.8. The summed E-state index contributed by atoms with van der Waals surface area (Å²) in [5.74, 6) is -2.98. The number of aliphatic imine (C=N–C) groups is 2. The summed E-state index contributed by atoms with van der Waals surface area (Å²) < 4.78 is 34.4. The van der Waals surface area contributed by atoms with Gasteiger partial charge >= 0.3 is 5.97 Å². The third kappa shape index (κ3) is 7.92. The van der Waals surface area contributed by atoms with Crippen molar-refractivity contribution in [2.45, 2.75) is 45.4 Å². The molecule has 4 rings (SSSR count). The zero-order chi connectivity index (χ0) is 30.8. The van der Waals surface area contributed by atoms with Gasteiger partial charge in [-0.3, -0.25) is 14.6 Å². The molecule has 0 saturated carbocycles. The van der Waals surface area contributed by atoms with Crippen LogP contribution in [0.2, 0.25) is 0 Å². The molecular formula is C32H37F2N5O4. The number of rotatable bonds is 13. The van der Waals surface area contributed by atoms with E-state index in [1.165, 1.54) is 19.2 Å². The average Bonchev–Trinajstić information content (AvgIpc) is 3.39. The summed E-state index contributed by atoms with van der Waals surface area (Å²) in [4.78, 5) is 32.6. The predicted molar refractivity (Wildman–Crippen MR) is 164 cm³/mol. The maximum absolute atomic E-state index is 15.0. The van der Waals surface area contributed by atoms with E-state index in [1.807, 2.05) is 25.1 Å². The van der Waals surface area contributed by atoms with Crippen molar-refractivity contribution >= 4 is 34.7 Å². The van der Waals surface area contributed by atoms with Gasteiger partial charge in [-0.25, -0.2) is 9.38 Å². The standard InChI is InChI=1S/C32H37F2N5O4/c1-3-20-17-21(10-11-22(20)32(42)37-16-7-4-6-14-35-19-27(40)41)39-31-30-24(9-5-8-15-36-31)25(18-38-30)23-12-13-26(43-2)29(34)28(23)33/h8,10-13,15,17-18,24,35H,3-7,9,14,16,19H2,1-2H3,(H,36,39)(H,37,42)(H,40,41)/b15-8-. The minimum atomic E-state index is -1.03. The number of hydrogen-bond donors (Lipinski definition) is 4. The number of anilines is 1. The van der Waals surface area contributed by atoms with Gasteiger partial charge in [0.05, 0.1) is 19.4 Å². The largest absolute Gasteiger partial charge is 0.494 e. The molecule has 0 saturated heterocycles. The van der Waals surface area contributed by atoms with E-state index in [9.17, 15) is 18.4 Å². The number of allylic oxidation sites excluding steroid dienone is 2. The maximum Gasteiger partial charge on any atom is 0.317 e. The number of carbonyl (C=O) groups is 2. The lowest BCUT2D eigenvalue weighted by Gasteiger charge is -2.21. The Bertz CT molecular complexity index is 1470. The molecule has 0 bridgehead atoms. The quantitative estimate of drug-likeness (QED) is 0.233. The van der Waals surface area contributed by atoms with E-state index in [-0.39, 0.29) is 29.7 Å². The Morgan fingerprint density at radius 2 is 1.88 bits per heavy atom. The third-order valence-electron chi connectivity index (χ3n) is 7.39. The molecule has 2 aliphatic rings. The summed E-state index contributed by atoms with van der Waals surface area (Å²) in [6.45, 7) is 3.07. The molecular weight excluding hydrogens is 556 g/mol. The van der Waals surface area contributed by atoms with E-state index >= 15 is 0 Å². The lowest BCUT2D eigenvalue weighted by Crippen LogP contribution is -2.30. The highest BCUT2D eigenvalue weighted by molar-refractivity contribution is 6.48. The van der Waals surface area contributed by atoms with E-state index < -0.39 is 17.6 Å². The van der Waals surface area contributed by atoms with Crippen LogP contribution in [0, 0.1) is 17.6 Å². The van der Waals surface area contributed by atoms with E-state index in [0.29, 0.717) is 55.0 Å². The number of aliphatic carboxylic acids is 1. The van der Waals surface area contributed by atoms with Crippen LogP contribution in [0.25, 0.3) is 5.57 Å². The highest BCUT2D eigenvalue weighted by Gasteiger charge is 2.32. The molecule has 2 aromatic carbocycles. The average molecular weight is 594 g/mol. The van der Waals surface area contributed by atoms with Crippen molar-refractivity contribution in [1.82, 2.24) is 10.6 Å². The fourth-order valence-electron chi connectivity index (χ4n) is 5.15. The summed E-state index contributed by atoms with van der Waals surface area (Å²) in [6, 6.07) is 8.42. The van der Waals surface area contributed by atoms with Gasteiger partial charge in [-0.2, -0.15) is 4.39 Å². The zero-order valence-electron chi connectivity index (χ0n) is 24.4. The first-order valence-electron chi connectivity index (χ1n) is 14.5. The highest BCUT2D eigenvalue weighted by Crippen LogP contribution is 2.37. The second kappa shape index (κ2) is 15.2. The van der Waals surface area contributed by atoms with Crippen molar-refractivity contribution in [1.29, 1.82) is 0 Å². The number of hydrogen-bond acceptors (Lipinski definition) is 7. The number of carboxylic acid groups (broad SMARTS) is 1. The van der Waals surface area contributed by atoms with E-state index in [1.54, 1.807) is 18.5 Å². The Morgan fingerprint density at radius 3 is 2.65 bits per heavy atom. The molecule has 1 atom stereocenters. The number of benzene rings is 2. The van der Waals surface area contributed by atoms with E-state index in [0.717, 1.165) is 30.5 Å². The van der Waals surface area contributed by atoms with Crippen molar-refractivity contribution in [2.24, 2.45) is 15.9 Å². The second-order valence-electron chi connectivity index (χ2n) is 10.3. The number of carbonyl (C=O) groups excluding carboxylic acids is 1. The molecule has 228 valence electrons. The Labute approximate surface area is 249 Å². The molecule has 43 heavy (non-hydrogen) atoms. The van der Waals surface area contributed by atoms with Crippen LogP contribution in [0.1, 0.15) is 60.5 Å². The van der Waals surface area contributed by atoms with Gasteiger partial charge in [0.2, 0.25) is 5.82 Å². The number of fused-ring (bicyclic) bond motifs is 1. The molecule has 1 amide bonds. The van der Waals surface area contributed by atoms with Gasteiger partial charge in [0.15, 0.2) is 17.4 Å². The predicted octanol–water partition coefficient (Wildman–Crippen LogP) is 5.34. The van der Waals surface area contributed by atoms with Crippen LogP contribution in [-0.4, -0.2) is 55.3 Å². The molecule has 2 aromatic rings. The number of amidine groups is 1. The SMILES string of the molecule is CCc1cc(N/C2=N/C=C\CCC3C(c4ccc(OC)c(F)c4F)=CN=C23)ccc1C(=O)NCCCCCNCC(=O)O. The van der Waals surface area contributed by atoms with Gasteiger partial charge in [0, 0.05) is 41.7 Å². The number of nitrogens with zero attached hydrogens (tertiary/aromatic N) is 2. The van der Waals surface area contributed by atoms with Crippen LogP contribution in [0.4, 0.5) is 14.5 Å². The highest BCUT2D eigenvalue weighted by atomic mass is 19.2. The minimum Gasteiger partial charge on any atom is -0.494 e. The van der Waals surface area contributed by atoms with Crippen LogP contribution in [-0.2, 0) is 11.2 Å². The molecule has 4 N–H and O–H groups in total. The normalized spacial score (nSPS) is 17.9. The van der Waals surface area contributed by atoms with Gasteiger partial charge < -0.3 is 25.8 Å². The van der Waals surface area contributed by atoms with Crippen molar-refractivity contribution < 1.29 is 28.2 Å². The van der Waals surface area contributed by atoms with Crippen molar-refractivity contribution in [2.75, 3.05) is 32.1 Å². The summed E-state index contributed by atoms with van der Waals surface area (Å²) in [5.41, 5.74) is 3.54. The van der Waals surface area contributed by atoms with Gasteiger partial charge in [-0.1, -0.05) is 19.4 Å². The number of amides is 1. The van der Waals surface area contributed by atoms with Crippen LogP contribution < -0.4 is 20.7 Å². The molecule has 9 nitrogen and oxygen atoms in total.